The molecule has 0 bridgehead atoms. The van der Waals surface area contributed by atoms with Gasteiger partial charge in [-0.1, -0.05) is 18.5 Å². The number of hydrogen-bond donors (Lipinski definition) is 1. The number of nitrogens with one attached hydrogen (secondary N) is 1. The van der Waals surface area contributed by atoms with E-state index < -0.39 is 0 Å². The molecule has 0 radical (unpaired) electrons. The molecule has 3 nitrogen and oxygen atoms in total. The molecule has 1 aliphatic rings. The zero-order valence-corrected chi connectivity index (χ0v) is 11.5. The fourth-order valence-corrected chi connectivity index (χ4v) is 3.07. The number of halogens is 1. The lowest BCUT2D eigenvalue weighted by Gasteiger charge is -2.15. The highest BCUT2D eigenvalue weighted by atomic mass is 35.5. The number of aromatic nitrogens is 2. The molecule has 1 saturated heterocycles. The van der Waals surface area contributed by atoms with Gasteiger partial charge in [-0.15, -0.1) is 0 Å². The summed E-state index contributed by atoms with van der Waals surface area (Å²) >= 11 is 6.00. The summed E-state index contributed by atoms with van der Waals surface area (Å²) < 4.78 is 5.87. The first-order valence-electron chi connectivity index (χ1n) is 6.37. The van der Waals surface area contributed by atoms with Crippen molar-refractivity contribution in [2.24, 2.45) is 5.92 Å². The molecule has 4 heteroatoms. The van der Waals surface area contributed by atoms with Crippen LogP contribution in [0, 0.1) is 5.92 Å². The molecule has 4 atom stereocenters. The lowest BCUT2D eigenvalue weighted by molar-refractivity contribution is 0.0554. The van der Waals surface area contributed by atoms with Gasteiger partial charge in [0.25, 0.3) is 0 Å². The summed E-state index contributed by atoms with van der Waals surface area (Å²) in [7, 11) is 0. The van der Waals surface area contributed by atoms with E-state index in [4.69, 9.17) is 16.3 Å². The van der Waals surface area contributed by atoms with Crippen LogP contribution in [0.5, 0.6) is 0 Å². The third-order valence-corrected chi connectivity index (χ3v) is 4.25. The summed E-state index contributed by atoms with van der Waals surface area (Å²) in [6.07, 6.45) is 0.479. The van der Waals surface area contributed by atoms with Gasteiger partial charge in [0.15, 0.2) is 0 Å². The molecule has 1 fully saturated rings. The molecule has 1 aromatic carbocycles. The van der Waals surface area contributed by atoms with Crippen LogP contribution in [0.25, 0.3) is 11.0 Å². The first-order valence-corrected chi connectivity index (χ1v) is 6.74. The van der Waals surface area contributed by atoms with E-state index in [2.05, 4.69) is 30.7 Å². The van der Waals surface area contributed by atoms with Gasteiger partial charge in [0.05, 0.1) is 23.2 Å². The van der Waals surface area contributed by atoms with Gasteiger partial charge >= 0.3 is 0 Å². The number of fused-ring (bicyclic) bond motifs is 1. The molecule has 1 aromatic heterocycles. The van der Waals surface area contributed by atoms with Gasteiger partial charge in [-0.2, -0.15) is 0 Å². The van der Waals surface area contributed by atoms with Gasteiger partial charge < -0.3 is 9.72 Å². The maximum atomic E-state index is 6.00. The lowest BCUT2D eigenvalue weighted by Crippen LogP contribution is -2.16. The van der Waals surface area contributed by atoms with E-state index in [0.29, 0.717) is 11.8 Å². The molecule has 2 heterocycles. The van der Waals surface area contributed by atoms with Crippen molar-refractivity contribution in [1.82, 2.24) is 9.97 Å². The summed E-state index contributed by atoms with van der Waals surface area (Å²) in [4.78, 5) is 8.06. The van der Waals surface area contributed by atoms with Crippen molar-refractivity contribution in [1.29, 1.82) is 0 Å². The molecule has 3 rings (SSSR count). The monoisotopic (exact) mass is 264 g/mol. The first-order chi connectivity index (χ1) is 8.56. The minimum atomic E-state index is 0.200. The van der Waals surface area contributed by atoms with Crippen LogP contribution in [0.4, 0.5) is 0 Å². The Labute approximate surface area is 112 Å². The normalized spacial score (nSPS) is 32.2. The van der Waals surface area contributed by atoms with Gasteiger partial charge in [-0.25, -0.2) is 4.98 Å². The van der Waals surface area contributed by atoms with Crippen molar-refractivity contribution in [2.45, 2.75) is 38.9 Å². The number of rotatable bonds is 1. The quantitative estimate of drug-likeness (QED) is 0.852. The fourth-order valence-electron chi connectivity index (χ4n) is 2.90. The molecule has 4 unspecified atom stereocenters. The van der Waals surface area contributed by atoms with Crippen LogP contribution in [-0.2, 0) is 4.74 Å². The Hall–Kier alpha value is -1.06. The topological polar surface area (TPSA) is 37.9 Å². The zero-order valence-electron chi connectivity index (χ0n) is 10.8. The molecular weight excluding hydrogens is 248 g/mol. The Morgan fingerprint density at radius 1 is 1.22 bits per heavy atom. The van der Waals surface area contributed by atoms with E-state index in [0.717, 1.165) is 21.9 Å². The van der Waals surface area contributed by atoms with Crippen molar-refractivity contribution < 1.29 is 4.74 Å². The predicted molar refractivity (Wildman–Crippen MR) is 73.0 cm³/mol. The maximum Gasteiger partial charge on any atom is 0.113 e. The number of benzene rings is 1. The number of H-pyrrole nitrogens is 1. The van der Waals surface area contributed by atoms with E-state index >= 15 is 0 Å². The molecule has 1 N–H and O–H groups in total. The Morgan fingerprint density at radius 2 is 2.00 bits per heavy atom. The van der Waals surface area contributed by atoms with Crippen LogP contribution < -0.4 is 0 Å². The van der Waals surface area contributed by atoms with E-state index in [-0.39, 0.29) is 12.2 Å². The van der Waals surface area contributed by atoms with Crippen molar-refractivity contribution in [3.05, 3.63) is 29.0 Å². The Balaban J connectivity index is 2.04. The smallest absolute Gasteiger partial charge is 0.113 e. The molecule has 96 valence electrons. The van der Waals surface area contributed by atoms with Gasteiger partial charge in [0.1, 0.15) is 5.82 Å². The molecule has 2 aromatic rings. The largest absolute Gasteiger partial charge is 0.374 e. The van der Waals surface area contributed by atoms with E-state index in [1.165, 1.54) is 0 Å². The van der Waals surface area contributed by atoms with Gasteiger partial charge in [-0.3, -0.25) is 0 Å². The molecule has 1 aliphatic heterocycles. The Bertz CT molecular complexity index is 580. The number of nitrogens with zero attached hydrogens (tertiary/aromatic N) is 1. The van der Waals surface area contributed by atoms with Crippen LogP contribution in [0.2, 0.25) is 5.02 Å². The van der Waals surface area contributed by atoms with Crippen molar-refractivity contribution in [3.8, 4) is 0 Å². The Morgan fingerprint density at radius 3 is 2.67 bits per heavy atom. The minimum Gasteiger partial charge on any atom is -0.374 e. The fraction of sp³-hybridized carbons (Fsp3) is 0.500. The molecule has 18 heavy (non-hydrogen) atoms. The van der Waals surface area contributed by atoms with E-state index in [1.807, 2.05) is 18.2 Å². The van der Waals surface area contributed by atoms with Gasteiger partial charge in [0, 0.05) is 10.9 Å². The molecule has 0 spiro atoms. The SMILES string of the molecule is CC1OC(C)C(c2nc3ccc(Cl)cc3[nH]2)C1C. The van der Waals surface area contributed by atoms with Crippen molar-refractivity contribution in [2.75, 3.05) is 0 Å². The number of imidazole rings is 1. The molecular formula is C14H17ClN2O. The molecule has 0 saturated carbocycles. The summed E-state index contributed by atoms with van der Waals surface area (Å²) in [5.74, 6) is 1.80. The van der Waals surface area contributed by atoms with Crippen LogP contribution >= 0.6 is 11.6 Å². The second-order valence-corrected chi connectivity index (χ2v) is 5.65. The maximum absolute atomic E-state index is 6.00. The van der Waals surface area contributed by atoms with Gasteiger partial charge in [0.2, 0.25) is 0 Å². The summed E-state index contributed by atoms with van der Waals surface area (Å²) in [5.41, 5.74) is 1.96. The second-order valence-electron chi connectivity index (χ2n) is 5.21. The highest BCUT2D eigenvalue weighted by Gasteiger charge is 2.39. The Kier molecular flexibility index (Phi) is 2.83. The number of hydrogen-bond acceptors (Lipinski definition) is 2. The summed E-state index contributed by atoms with van der Waals surface area (Å²) in [5, 5.41) is 0.731. The van der Waals surface area contributed by atoms with Crippen LogP contribution in [0.1, 0.15) is 32.5 Å². The lowest BCUT2D eigenvalue weighted by atomic mass is 9.89. The highest BCUT2D eigenvalue weighted by molar-refractivity contribution is 6.31. The standard InChI is InChI=1S/C14H17ClN2O/c1-7-8(2)18-9(3)13(7)14-16-11-5-4-10(15)6-12(11)17-14/h4-9,13H,1-3H3,(H,16,17). The third-order valence-electron chi connectivity index (χ3n) is 4.02. The van der Waals surface area contributed by atoms with Crippen molar-refractivity contribution in [3.63, 3.8) is 0 Å². The number of ether oxygens (including phenoxy) is 1. The summed E-state index contributed by atoms with van der Waals surface area (Å²) in [6.45, 7) is 6.46. The minimum absolute atomic E-state index is 0.200. The molecule has 0 amide bonds. The first kappa shape index (κ1) is 12.0. The molecule has 0 aliphatic carbocycles. The zero-order chi connectivity index (χ0) is 12.9. The predicted octanol–water partition coefficient (Wildman–Crippen LogP) is 3.74. The second kappa shape index (κ2) is 4.25. The third kappa shape index (κ3) is 1.82. The van der Waals surface area contributed by atoms with E-state index in [9.17, 15) is 0 Å². The highest BCUT2D eigenvalue weighted by Crippen LogP contribution is 2.39. The average Bonchev–Trinajstić information content (AvgIpc) is 2.80. The van der Waals surface area contributed by atoms with Crippen molar-refractivity contribution >= 4 is 22.6 Å². The van der Waals surface area contributed by atoms with Crippen LogP contribution in [0.15, 0.2) is 18.2 Å². The summed E-state index contributed by atoms with van der Waals surface area (Å²) in [6, 6.07) is 5.74. The van der Waals surface area contributed by atoms with Gasteiger partial charge in [-0.05, 0) is 38.0 Å². The number of aromatic amines is 1. The van der Waals surface area contributed by atoms with E-state index in [1.54, 1.807) is 0 Å². The van der Waals surface area contributed by atoms with Crippen LogP contribution in [0.3, 0.4) is 0 Å². The average molecular weight is 265 g/mol. The van der Waals surface area contributed by atoms with Crippen LogP contribution in [-0.4, -0.2) is 22.2 Å².